The highest BCUT2D eigenvalue weighted by Gasteiger charge is 2.78. The maximum Gasteiger partial charge on any atom is 0.313 e. The zero-order valence-corrected chi connectivity index (χ0v) is 32.0. The Labute approximate surface area is 318 Å². The number of halogens is 2. The number of esters is 1. The number of carbonyl (C=O) groups is 4. The molecule has 52 heavy (non-hydrogen) atoms. The van der Waals surface area contributed by atoms with Crippen LogP contribution in [0.1, 0.15) is 44.8 Å². The monoisotopic (exact) mass is 799 g/mol. The number of allylic oxidation sites excluding steroid dienone is 1. The van der Waals surface area contributed by atoms with Crippen molar-refractivity contribution in [1.82, 2.24) is 10.2 Å². The first kappa shape index (κ1) is 39.7. The Hall–Kier alpha value is -3.55. The van der Waals surface area contributed by atoms with E-state index in [9.17, 15) is 24.3 Å². The standard InChI is InChI=1S/C39H47BrClN3O8/c1-6-8-18-30(46)42-27(22-50-5)33(24-14-10-9-11-15-24)51-38(49)31-32-36(47)44(29(21-45)23(3)4)35(39(32)20-25(40)34(31)52-39)37(48)43(19-7-2)28-17-13-12-16-26(28)41/h6-7,9-17,23,25,27,29,31-35,45H,1-2,8,18-22H2,3-5H3,(H,42,46)/t25?,27-,29+,31-,32+,33-,34-,35-,39+/m1/s1. The number of hydrogen-bond acceptors (Lipinski definition) is 8. The number of aliphatic hydroxyl groups is 1. The number of methoxy groups -OCH3 is 1. The van der Waals surface area contributed by atoms with Gasteiger partial charge in [0.2, 0.25) is 11.8 Å². The second-order valence-corrected chi connectivity index (χ2v) is 15.4. The summed E-state index contributed by atoms with van der Waals surface area (Å²) in [5.41, 5.74) is -0.397. The largest absolute Gasteiger partial charge is 0.455 e. The molecule has 11 nitrogen and oxygen atoms in total. The third-order valence-corrected chi connectivity index (χ3v) is 11.4. The van der Waals surface area contributed by atoms with Crippen LogP contribution in [0.25, 0.3) is 0 Å². The molecule has 5 rings (SSSR count). The van der Waals surface area contributed by atoms with Crippen LogP contribution in [-0.2, 0) is 33.4 Å². The molecule has 1 spiro atoms. The normalized spacial score (nSPS) is 26.4. The maximum atomic E-state index is 15.0. The lowest BCUT2D eigenvalue weighted by Gasteiger charge is -2.40. The second-order valence-electron chi connectivity index (χ2n) is 13.8. The van der Waals surface area contributed by atoms with E-state index < -0.39 is 77.0 Å². The fourth-order valence-corrected chi connectivity index (χ4v) is 9.15. The molecule has 3 aliphatic rings. The van der Waals surface area contributed by atoms with Crippen molar-refractivity contribution >= 4 is 56.9 Å². The maximum absolute atomic E-state index is 15.0. The van der Waals surface area contributed by atoms with E-state index in [4.69, 9.17) is 25.8 Å². The first-order valence-electron chi connectivity index (χ1n) is 17.5. The van der Waals surface area contributed by atoms with E-state index in [1.54, 1.807) is 60.7 Å². The Bertz CT molecular complexity index is 1640. The van der Waals surface area contributed by atoms with Gasteiger partial charge in [-0.3, -0.25) is 19.2 Å². The quantitative estimate of drug-likeness (QED) is 0.130. The molecule has 9 atom stereocenters. The third kappa shape index (κ3) is 7.45. The molecule has 3 fully saturated rings. The molecule has 2 aromatic rings. The molecular formula is C39H47BrClN3O8. The number of nitrogens with one attached hydrogen (secondary N) is 1. The predicted molar refractivity (Wildman–Crippen MR) is 201 cm³/mol. The smallest absolute Gasteiger partial charge is 0.313 e. The molecule has 0 saturated carbocycles. The van der Waals surface area contributed by atoms with Gasteiger partial charge in [0.25, 0.3) is 5.91 Å². The zero-order valence-electron chi connectivity index (χ0n) is 29.7. The van der Waals surface area contributed by atoms with Crippen molar-refractivity contribution in [2.45, 2.75) is 73.9 Å². The van der Waals surface area contributed by atoms with Crippen LogP contribution in [0.2, 0.25) is 5.02 Å². The van der Waals surface area contributed by atoms with Crippen LogP contribution in [0.4, 0.5) is 5.69 Å². The van der Waals surface area contributed by atoms with Gasteiger partial charge in [-0.1, -0.05) is 96.0 Å². The molecule has 2 aromatic carbocycles. The average Bonchev–Trinajstić information content (AvgIpc) is 3.72. The Kier molecular flexibility index (Phi) is 13.0. The summed E-state index contributed by atoms with van der Waals surface area (Å²) in [5.74, 6) is -4.39. The minimum Gasteiger partial charge on any atom is -0.455 e. The molecule has 3 saturated heterocycles. The number of ether oxygens (including phenoxy) is 3. The van der Waals surface area contributed by atoms with Crippen molar-refractivity contribution in [2.24, 2.45) is 17.8 Å². The Morgan fingerprint density at radius 2 is 1.85 bits per heavy atom. The van der Waals surface area contributed by atoms with Crippen LogP contribution in [0.3, 0.4) is 0 Å². The number of aliphatic hydroxyl groups excluding tert-OH is 1. The SMILES string of the molecule is C=CCCC(=O)N[C@H](COC)[C@H](OC(=O)[C@H]1[C@@H]2O[C@@]3(CC2Br)[C@@H]1C(=O)N([C@@H](CO)C(C)C)[C@@H]3C(=O)N(CC=C)c1ccccc1Cl)c1ccccc1. The number of nitrogens with zero attached hydrogens (tertiary/aromatic N) is 2. The number of hydrogen-bond donors (Lipinski definition) is 2. The highest BCUT2D eigenvalue weighted by molar-refractivity contribution is 9.09. The minimum atomic E-state index is -1.44. The number of amides is 3. The Balaban J connectivity index is 1.57. The molecular weight excluding hydrogens is 754 g/mol. The lowest BCUT2D eigenvalue weighted by Crippen LogP contribution is -2.60. The van der Waals surface area contributed by atoms with Gasteiger partial charge >= 0.3 is 5.97 Å². The average molecular weight is 801 g/mol. The van der Waals surface area contributed by atoms with E-state index in [1.165, 1.54) is 16.9 Å². The van der Waals surface area contributed by atoms with E-state index in [0.717, 1.165) is 0 Å². The molecule has 2 N–H and O–H groups in total. The summed E-state index contributed by atoms with van der Waals surface area (Å²) < 4.78 is 18.5. The number of benzene rings is 2. The summed E-state index contributed by atoms with van der Waals surface area (Å²) >= 11 is 10.3. The van der Waals surface area contributed by atoms with Crippen molar-refractivity contribution in [3.63, 3.8) is 0 Å². The van der Waals surface area contributed by atoms with E-state index in [1.807, 2.05) is 19.9 Å². The van der Waals surface area contributed by atoms with Gasteiger partial charge in [-0.25, -0.2) is 0 Å². The van der Waals surface area contributed by atoms with Crippen molar-refractivity contribution < 1.29 is 38.5 Å². The molecule has 0 radical (unpaired) electrons. The topological polar surface area (TPSA) is 135 Å². The molecule has 2 bridgehead atoms. The Morgan fingerprint density at radius 1 is 1.15 bits per heavy atom. The summed E-state index contributed by atoms with van der Waals surface area (Å²) in [4.78, 5) is 59.8. The van der Waals surface area contributed by atoms with E-state index in [2.05, 4.69) is 34.4 Å². The fraction of sp³-hybridized carbons (Fsp3) is 0.487. The van der Waals surface area contributed by atoms with Gasteiger partial charge < -0.3 is 34.4 Å². The molecule has 0 aliphatic carbocycles. The molecule has 3 heterocycles. The lowest BCUT2D eigenvalue weighted by atomic mass is 9.70. The van der Waals surface area contributed by atoms with Crippen LogP contribution >= 0.6 is 27.5 Å². The summed E-state index contributed by atoms with van der Waals surface area (Å²) in [6, 6.07) is 13.2. The highest BCUT2D eigenvalue weighted by Crippen LogP contribution is 2.61. The van der Waals surface area contributed by atoms with Gasteiger partial charge in [0.15, 0.2) is 0 Å². The van der Waals surface area contributed by atoms with E-state index >= 15 is 0 Å². The number of fused-ring (bicyclic) bond motifs is 1. The second kappa shape index (κ2) is 17.1. The van der Waals surface area contributed by atoms with Crippen molar-refractivity contribution in [3.05, 3.63) is 90.5 Å². The third-order valence-electron chi connectivity index (χ3n) is 10.3. The summed E-state index contributed by atoms with van der Waals surface area (Å²) in [7, 11) is 1.49. The zero-order chi connectivity index (χ0) is 37.7. The van der Waals surface area contributed by atoms with Crippen molar-refractivity contribution in [1.29, 1.82) is 0 Å². The first-order chi connectivity index (χ1) is 24.9. The van der Waals surface area contributed by atoms with Gasteiger partial charge in [-0.05, 0) is 36.5 Å². The number of likely N-dealkylation sites (tertiary alicyclic amines) is 1. The summed E-state index contributed by atoms with van der Waals surface area (Å²) in [6.45, 7) is 11.0. The minimum absolute atomic E-state index is 0.0305. The number of alkyl halides is 1. The van der Waals surface area contributed by atoms with Crippen LogP contribution in [0.15, 0.2) is 79.9 Å². The summed E-state index contributed by atoms with van der Waals surface area (Å²) in [6.07, 6.45) is 2.32. The van der Waals surface area contributed by atoms with Crippen LogP contribution in [0, 0.1) is 17.8 Å². The molecule has 3 amide bonds. The highest BCUT2D eigenvalue weighted by atomic mass is 79.9. The lowest BCUT2D eigenvalue weighted by molar-refractivity contribution is -0.163. The number of anilines is 1. The molecule has 3 aliphatic heterocycles. The first-order valence-corrected chi connectivity index (χ1v) is 18.8. The number of carbonyl (C=O) groups excluding carboxylic acids is 4. The molecule has 280 valence electrons. The van der Waals surface area contributed by atoms with Crippen molar-refractivity contribution in [2.75, 3.05) is 31.8 Å². The summed E-state index contributed by atoms with van der Waals surface area (Å²) in [5, 5.41) is 13.9. The van der Waals surface area contributed by atoms with Gasteiger partial charge in [-0.15, -0.1) is 13.2 Å². The van der Waals surface area contributed by atoms with E-state index in [-0.39, 0.29) is 37.8 Å². The predicted octanol–water partition coefficient (Wildman–Crippen LogP) is 5.01. The van der Waals surface area contributed by atoms with Gasteiger partial charge in [0.05, 0.1) is 53.9 Å². The number of rotatable bonds is 17. The van der Waals surface area contributed by atoms with Crippen LogP contribution in [-0.4, -0.2) is 95.2 Å². The van der Waals surface area contributed by atoms with E-state index in [0.29, 0.717) is 22.7 Å². The van der Waals surface area contributed by atoms with Crippen LogP contribution < -0.4 is 10.2 Å². The molecule has 1 unspecified atom stereocenters. The number of para-hydroxylation sites is 1. The molecule has 13 heteroatoms. The van der Waals surface area contributed by atoms with Gasteiger partial charge in [0.1, 0.15) is 17.7 Å². The van der Waals surface area contributed by atoms with Gasteiger partial charge in [-0.2, -0.15) is 0 Å². The van der Waals surface area contributed by atoms with Crippen molar-refractivity contribution in [3.8, 4) is 0 Å². The van der Waals surface area contributed by atoms with Gasteiger partial charge in [0, 0.05) is 24.9 Å². The fourth-order valence-electron chi connectivity index (χ4n) is 7.97. The van der Waals surface area contributed by atoms with Crippen LogP contribution in [0.5, 0.6) is 0 Å². The Morgan fingerprint density at radius 3 is 2.46 bits per heavy atom. The molecule has 0 aromatic heterocycles.